The molecule has 1 heterocycles. The van der Waals surface area contributed by atoms with Crippen LogP contribution >= 0.6 is 0 Å². The lowest BCUT2D eigenvalue weighted by Crippen LogP contribution is -2.27. The molecule has 1 aromatic heterocycles. The largest absolute Gasteiger partial charge is 0.377 e. The molecule has 0 fully saturated rings. The molecule has 0 spiro atoms. The average molecular weight is 270 g/mol. The Morgan fingerprint density at radius 3 is 2.45 bits per heavy atom. The molecule has 3 heteroatoms. The molecule has 2 rings (SSSR count). The summed E-state index contributed by atoms with van der Waals surface area (Å²) in [6, 6.07) is 16.5. The standard InChI is InChI=1S/C17H22N2O/c1-14(2)20-13-12-19-17(15-8-4-3-5-9-15)16-10-6-7-11-18-16/h3-11,14,17,19H,12-13H2,1-2H3. The molecule has 0 aliphatic heterocycles. The molecule has 1 unspecified atom stereocenters. The molecule has 0 aliphatic rings. The maximum atomic E-state index is 5.58. The van der Waals surface area contributed by atoms with E-state index in [-0.39, 0.29) is 12.1 Å². The van der Waals surface area contributed by atoms with E-state index in [1.807, 2.05) is 44.3 Å². The number of nitrogens with one attached hydrogen (secondary N) is 1. The molecule has 0 bridgehead atoms. The number of aromatic nitrogens is 1. The highest BCUT2D eigenvalue weighted by Gasteiger charge is 2.13. The molecule has 1 N–H and O–H groups in total. The summed E-state index contributed by atoms with van der Waals surface area (Å²) in [5.74, 6) is 0. The molecule has 20 heavy (non-hydrogen) atoms. The minimum Gasteiger partial charge on any atom is -0.377 e. The van der Waals surface area contributed by atoms with Gasteiger partial charge in [-0.15, -0.1) is 0 Å². The van der Waals surface area contributed by atoms with Gasteiger partial charge in [0.1, 0.15) is 0 Å². The van der Waals surface area contributed by atoms with Gasteiger partial charge in [-0.05, 0) is 31.5 Å². The zero-order valence-electron chi connectivity index (χ0n) is 12.1. The molecule has 0 amide bonds. The Labute approximate surface area is 121 Å². The quantitative estimate of drug-likeness (QED) is 0.785. The van der Waals surface area contributed by atoms with E-state index in [1.54, 1.807) is 0 Å². The Morgan fingerprint density at radius 2 is 1.80 bits per heavy atom. The van der Waals surface area contributed by atoms with Gasteiger partial charge >= 0.3 is 0 Å². The van der Waals surface area contributed by atoms with Crippen molar-refractivity contribution in [1.82, 2.24) is 10.3 Å². The molecule has 0 saturated heterocycles. The van der Waals surface area contributed by atoms with Crippen molar-refractivity contribution >= 4 is 0 Å². The Bertz CT molecular complexity index is 445. The van der Waals surface area contributed by atoms with Gasteiger partial charge in [0.2, 0.25) is 0 Å². The smallest absolute Gasteiger partial charge is 0.0752 e. The minimum atomic E-state index is 0.105. The monoisotopic (exact) mass is 270 g/mol. The van der Waals surface area contributed by atoms with E-state index in [0.29, 0.717) is 6.61 Å². The number of ether oxygens (including phenoxy) is 1. The van der Waals surface area contributed by atoms with Crippen LogP contribution in [0.15, 0.2) is 54.7 Å². The molecule has 1 atom stereocenters. The fourth-order valence-corrected chi connectivity index (χ4v) is 2.08. The number of nitrogens with zero attached hydrogens (tertiary/aromatic N) is 1. The van der Waals surface area contributed by atoms with Crippen molar-refractivity contribution in [3.05, 3.63) is 66.0 Å². The van der Waals surface area contributed by atoms with Crippen LogP contribution in [0.25, 0.3) is 0 Å². The van der Waals surface area contributed by atoms with E-state index in [4.69, 9.17) is 4.74 Å². The molecule has 3 nitrogen and oxygen atoms in total. The first-order valence-electron chi connectivity index (χ1n) is 7.08. The highest BCUT2D eigenvalue weighted by atomic mass is 16.5. The molecule has 2 aromatic rings. The van der Waals surface area contributed by atoms with E-state index in [0.717, 1.165) is 12.2 Å². The maximum Gasteiger partial charge on any atom is 0.0752 e. The van der Waals surface area contributed by atoms with Crippen molar-refractivity contribution in [3.8, 4) is 0 Å². The SMILES string of the molecule is CC(C)OCCNC(c1ccccc1)c1ccccn1. The Balaban J connectivity index is 2.06. The normalized spacial score (nSPS) is 12.6. The summed E-state index contributed by atoms with van der Waals surface area (Å²) in [7, 11) is 0. The van der Waals surface area contributed by atoms with Crippen molar-refractivity contribution in [2.75, 3.05) is 13.2 Å². The van der Waals surface area contributed by atoms with Crippen molar-refractivity contribution in [3.63, 3.8) is 0 Å². The predicted molar refractivity (Wildman–Crippen MR) is 81.6 cm³/mol. The van der Waals surface area contributed by atoms with Crippen LogP contribution in [0.5, 0.6) is 0 Å². The first kappa shape index (κ1) is 14.7. The van der Waals surface area contributed by atoms with Gasteiger partial charge in [0, 0.05) is 12.7 Å². The summed E-state index contributed by atoms with van der Waals surface area (Å²) in [4.78, 5) is 4.47. The minimum absolute atomic E-state index is 0.105. The molecule has 106 valence electrons. The predicted octanol–water partition coefficient (Wildman–Crippen LogP) is 3.19. The number of hydrogen-bond acceptors (Lipinski definition) is 3. The number of rotatable bonds is 7. The van der Waals surface area contributed by atoms with Crippen LogP contribution in [0, 0.1) is 0 Å². The van der Waals surface area contributed by atoms with E-state index >= 15 is 0 Å². The Morgan fingerprint density at radius 1 is 1.05 bits per heavy atom. The highest BCUT2D eigenvalue weighted by Crippen LogP contribution is 2.19. The number of hydrogen-bond donors (Lipinski definition) is 1. The third kappa shape index (κ3) is 4.44. The fraction of sp³-hybridized carbons (Fsp3) is 0.353. The maximum absolute atomic E-state index is 5.58. The lowest BCUT2D eigenvalue weighted by atomic mass is 10.0. The van der Waals surface area contributed by atoms with Crippen LogP contribution in [0.3, 0.4) is 0 Å². The van der Waals surface area contributed by atoms with Gasteiger partial charge in [-0.1, -0.05) is 36.4 Å². The van der Waals surface area contributed by atoms with Crippen LogP contribution in [-0.2, 0) is 4.74 Å². The lowest BCUT2D eigenvalue weighted by Gasteiger charge is -2.19. The summed E-state index contributed by atoms with van der Waals surface area (Å²) in [5, 5.41) is 3.52. The van der Waals surface area contributed by atoms with Gasteiger partial charge in [-0.25, -0.2) is 0 Å². The average Bonchev–Trinajstić information content (AvgIpc) is 2.49. The van der Waals surface area contributed by atoms with Crippen molar-refractivity contribution < 1.29 is 4.74 Å². The van der Waals surface area contributed by atoms with Crippen LogP contribution in [0.4, 0.5) is 0 Å². The topological polar surface area (TPSA) is 34.1 Å². The molecular formula is C17H22N2O. The second-order valence-corrected chi connectivity index (χ2v) is 4.97. The second-order valence-electron chi connectivity index (χ2n) is 4.97. The molecule has 0 aliphatic carbocycles. The van der Waals surface area contributed by atoms with Gasteiger partial charge in [0.05, 0.1) is 24.4 Å². The van der Waals surface area contributed by atoms with E-state index < -0.39 is 0 Å². The lowest BCUT2D eigenvalue weighted by molar-refractivity contribution is 0.0799. The molecule has 1 aromatic carbocycles. The third-order valence-electron chi connectivity index (χ3n) is 3.02. The van der Waals surface area contributed by atoms with Crippen LogP contribution in [0.1, 0.15) is 31.1 Å². The Hall–Kier alpha value is -1.71. The fourth-order valence-electron chi connectivity index (χ4n) is 2.08. The van der Waals surface area contributed by atoms with Crippen molar-refractivity contribution in [2.45, 2.75) is 26.0 Å². The molecule has 0 radical (unpaired) electrons. The van der Waals surface area contributed by atoms with Gasteiger partial charge in [-0.3, -0.25) is 4.98 Å². The molecular weight excluding hydrogens is 248 g/mol. The van der Waals surface area contributed by atoms with E-state index in [1.165, 1.54) is 5.56 Å². The summed E-state index contributed by atoms with van der Waals surface area (Å²) in [5.41, 5.74) is 2.25. The first-order valence-corrected chi connectivity index (χ1v) is 7.08. The summed E-state index contributed by atoms with van der Waals surface area (Å²) in [6.45, 7) is 5.60. The number of benzene rings is 1. The second kappa shape index (κ2) is 7.78. The van der Waals surface area contributed by atoms with Gasteiger partial charge in [-0.2, -0.15) is 0 Å². The molecule has 0 saturated carbocycles. The first-order chi connectivity index (χ1) is 9.77. The van der Waals surface area contributed by atoms with Crippen LogP contribution in [0.2, 0.25) is 0 Å². The Kier molecular flexibility index (Phi) is 5.71. The van der Waals surface area contributed by atoms with Gasteiger partial charge in [0.25, 0.3) is 0 Å². The van der Waals surface area contributed by atoms with Crippen molar-refractivity contribution in [2.24, 2.45) is 0 Å². The highest BCUT2D eigenvalue weighted by molar-refractivity contribution is 5.27. The van der Waals surface area contributed by atoms with Crippen molar-refractivity contribution in [1.29, 1.82) is 0 Å². The van der Waals surface area contributed by atoms with Gasteiger partial charge < -0.3 is 10.1 Å². The number of pyridine rings is 1. The van der Waals surface area contributed by atoms with Crippen LogP contribution in [-0.4, -0.2) is 24.2 Å². The van der Waals surface area contributed by atoms with E-state index in [9.17, 15) is 0 Å². The zero-order valence-corrected chi connectivity index (χ0v) is 12.1. The van der Waals surface area contributed by atoms with E-state index in [2.05, 4.69) is 34.6 Å². The van der Waals surface area contributed by atoms with Gasteiger partial charge in [0.15, 0.2) is 0 Å². The van der Waals surface area contributed by atoms with Crippen LogP contribution < -0.4 is 5.32 Å². The zero-order chi connectivity index (χ0) is 14.2. The summed E-state index contributed by atoms with van der Waals surface area (Å²) in [6.07, 6.45) is 2.10. The summed E-state index contributed by atoms with van der Waals surface area (Å²) >= 11 is 0. The summed E-state index contributed by atoms with van der Waals surface area (Å²) < 4.78 is 5.58. The third-order valence-corrected chi connectivity index (χ3v) is 3.02.